The number of benzene rings is 2. The summed E-state index contributed by atoms with van der Waals surface area (Å²) in [6.07, 6.45) is 4.27. The molecule has 0 bridgehead atoms. The lowest BCUT2D eigenvalue weighted by Gasteiger charge is -2.30. The predicted octanol–water partition coefficient (Wildman–Crippen LogP) is 5.78. The summed E-state index contributed by atoms with van der Waals surface area (Å²) in [4.78, 5) is 11.4. The number of rotatable bonds is 6. The molecule has 0 unspecified atom stereocenters. The van der Waals surface area contributed by atoms with E-state index in [1.807, 2.05) is 0 Å². The van der Waals surface area contributed by atoms with Gasteiger partial charge in [0.05, 0.1) is 11.7 Å². The normalized spacial score (nSPS) is 19.8. The number of halogens is 2. The van der Waals surface area contributed by atoms with Gasteiger partial charge < -0.3 is 9.84 Å². The second kappa shape index (κ2) is 8.61. The van der Waals surface area contributed by atoms with Gasteiger partial charge in [0.1, 0.15) is 11.6 Å². The van der Waals surface area contributed by atoms with Crippen LogP contribution in [0.5, 0.6) is 0 Å². The minimum absolute atomic E-state index is 0.0779. The first kappa shape index (κ1) is 19.5. The third-order valence-corrected chi connectivity index (χ3v) is 5.21. The molecule has 0 aromatic heterocycles. The minimum atomic E-state index is -1.28. The van der Waals surface area contributed by atoms with Gasteiger partial charge in [0.25, 0.3) is 0 Å². The number of carboxylic acids is 1. The summed E-state index contributed by atoms with van der Waals surface area (Å²) >= 11 is 0. The van der Waals surface area contributed by atoms with Crippen LogP contribution in [0.2, 0.25) is 0 Å². The number of hydrogen-bond donors (Lipinski definition) is 1. The van der Waals surface area contributed by atoms with Gasteiger partial charge in [-0.25, -0.2) is 13.6 Å². The van der Waals surface area contributed by atoms with Gasteiger partial charge in [0.2, 0.25) is 0 Å². The van der Waals surface area contributed by atoms with Crippen LogP contribution in [0.15, 0.2) is 36.4 Å². The van der Waals surface area contributed by atoms with Crippen molar-refractivity contribution in [1.82, 2.24) is 0 Å². The quantitative estimate of drug-likeness (QED) is 0.697. The molecule has 2 aromatic rings. The zero-order valence-electron chi connectivity index (χ0n) is 15.4. The van der Waals surface area contributed by atoms with E-state index in [0.717, 1.165) is 38.7 Å². The lowest BCUT2D eigenvalue weighted by Crippen LogP contribution is -2.22. The van der Waals surface area contributed by atoms with Crippen molar-refractivity contribution in [2.24, 2.45) is 0 Å². The first-order valence-corrected chi connectivity index (χ1v) is 9.44. The standard InChI is InChI=1S/C22H24F2O3/c1-2-13-27-17-9-5-15(6-10-17)20-18(14-3-7-16(23)8-4-14)11-12-19(21(20)24)22(25)26/h3-4,7-8,11-12,15,17H,2,5-6,9-10,13H2,1H3,(H,25,26). The topological polar surface area (TPSA) is 46.5 Å². The van der Waals surface area contributed by atoms with Gasteiger partial charge in [-0.2, -0.15) is 0 Å². The molecule has 5 heteroatoms. The zero-order chi connectivity index (χ0) is 19.4. The van der Waals surface area contributed by atoms with Gasteiger partial charge in [-0.3, -0.25) is 0 Å². The monoisotopic (exact) mass is 374 g/mol. The van der Waals surface area contributed by atoms with E-state index in [2.05, 4.69) is 6.92 Å². The van der Waals surface area contributed by atoms with E-state index in [1.165, 1.54) is 18.2 Å². The SMILES string of the molecule is CCCOC1CCC(c2c(-c3ccc(F)cc3)ccc(C(=O)O)c2F)CC1. The van der Waals surface area contributed by atoms with Crippen LogP contribution in [-0.4, -0.2) is 23.8 Å². The highest BCUT2D eigenvalue weighted by Gasteiger charge is 2.29. The molecule has 0 atom stereocenters. The van der Waals surface area contributed by atoms with Crippen LogP contribution in [0, 0.1) is 11.6 Å². The zero-order valence-corrected chi connectivity index (χ0v) is 15.4. The van der Waals surface area contributed by atoms with E-state index < -0.39 is 11.8 Å². The summed E-state index contributed by atoms with van der Waals surface area (Å²) < 4.78 is 34.2. The largest absolute Gasteiger partial charge is 0.478 e. The summed E-state index contributed by atoms with van der Waals surface area (Å²) in [7, 11) is 0. The van der Waals surface area contributed by atoms with E-state index in [0.29, 0.717) is 16.7 Å². The van der Waals surface area contributed by atoms with Crippen molar-refractivity contribution in [2.45, 2.75) is 51.0 Å². The highest BCUT2D eigenvalue weighted by Crippen LogP contribution is 2.41. The van der Waals surface area contributed by atoms with E-state index in [-0.39, 0.29) is 23.4 Å². The molecule has 3 rings (SSSR count). The van der Waals surface area contributed by atoms with Crippen LogP contribution in [0.4, 0.5) is 8.78 Å². The Morgan fingerprint density at radius 3 is 2.33 bits per heavy atom. The van der Waals surface area contributed by atoms with Crippen molar-refractivity contribution in [3.63, 3.8) is 0 Å². The van der Waals surface area contributed by atoms with Crippen LogP contribution in [0.25, 0.3) is 11.1 Å². The van der Waals surface area contributed by atoms with Crippen LogP contribution in [-0.2, 0) is 4.74 Å². The lowest BCUT2D eigenvalue weighted by atomic mass is 9.79. The highest BCUT2D eigenvalue weighted by atomic mass is 19.1. The van der Waals surface area contributed by atoms with Crippen LogP contribution in [0.1, 0.15) is 60.9 Å². The smallest absolute Gasteiger partial charge is 0.338 e. The van der Waals surface area contributed by atoms with Gasteiger partial charge in [-0.1, -0.05) is 25.1 Å². The Morgan fingerprint density at radius 1 is 1.07 bits per heavy atom. The third kappa shape index (κ3) is 4.35. The third-order valence-electron chi connectivity index (χ3n) is 5.21. The molecule has 2 aromatic carbocycles. The summed E-state index contributed by atoms with van der Waals surface area (Å²) in [6, 6.07) is 8.79. The predicted molar refractivity (Wildman–Crippen MR) is 100.0 cm³/mol. The number of carboxylic acid groups (broad SMARTS) is 1. The van der Waals surface area contributed by atoms with Crippen molar-refractivity contribution in [2.75, 3.05) is 6.61 Å². The van der Waals surface area contributed by atoms with E-state index >= 15 is 4.39 Å². The number of carbonyl (C=O) groups is 1. The maximum atomic E-state index is 15.1. The maximum Gasteiger partial charge on any atom is 0.338 e. The number of ether oxygens (including phenoxy) is 1. The van der Waals surface area contributed by atoms with Crippen molar-refractivity contribution < 1.29 is 23.4 Å². The molecule has 0 spiro atoms. The molecule has 1 saturated carbocycles. The molecule has 144 valence electrons. The minimum Gasteiger partial charge on any atom is -0.478 e. The Labute approximate surface area is 158 Å². The van der Waals surface area contributed by atoms with Crippen LogP contribution >= 0.6 is 0 Å². The maximum absolute atomic E-state index is 15.1. The van der Waals surface area contributed by atoms with Gasteiger partial charge in [-0.05, 0) is 72.9 Å². The molecule has 0 amide bonds. The average Bonchev–Trinajstić information content (AvgIpc) is 2.67. The Balaban J connectivity index is 1.95. The summed E-state index contributed by atoms with van der Waals surface area (Å²) in [5, 5.41) is 9.32. The Kier molecular flexibility index (Phi) is 6.22. The van der Waals surface area contributed by atoms with Crippen molar-refractivity contribution in [3.8, 4) is 11.1 Å². The Hall–Kier alpha value is -2.27. The van der Waals surface area contributed by atoms with Crippen LogP contribution < -0.4 is 0 Å². The van der Waals surface area contributed by atoms with Gasteiger partial charge >= 0.3 is 5.97 Å². The van der Waals surface area contributed by atoms with Gasteiger partial charge in [0, 0.05) is 6.61 Å². The van der Waals surface area contributed by atoms with Gasteiger partial charge in [0.15, 0.2) is 0 Å². The van der Waals surface area contributed by atoms with Crippen molar-refractivity contribution in [3.05, 3.63) is 59.2 Å². The lowest BCUT2D eigenvalue weighted by molar-refractivity contribution is 0.0249. The average molecular weight is 374 g/mol. The fraction of sp³-hybridized carbons (Fsp3) is 0.409. The molecule has 0 radical (unpaired) electrons. The van der Waals surface area contributed by atoms with Gasteiger partial charge in [-0.15, -0.1) is 0 Å². The van der Waals surface area contributed by atoms with Crippen molar-refractivity contribution in [1.29, 1.82) is 0 Å². The van der Waals surface area contributed by atoms with Crippen molar-refractivity contribution >= 4 is 5.97 Å². The Bertz CT molecular complexity index is 794. The molecular formula is C22H24F2O3. The molecule has 27 heavy (non-hydrogen) atoms. The van der Waals surface area contributed by atoms with E-state index in [1.54, 1.807) is 18.2 Å². The first-order valence-electron chi connectivity index (χ1n) is 9.44. The molecule has 0 aliphatic heterocycles. The number of aromatic carboxylic acids is 1. The summed E-state index contributed by atoms with van der Waals surface area (Å²) in [5.41, 5.74) is 1.43. The second-order valence-electron chi connectivity index (χ2n) is 7.04. The summed E-state index contributed by atoms with van der Waals surface area (Å²) in [5.74, 6) is -2.40. The summed E-state index contributed by atoms with van der Waals surface area (Å²) in [6.45, 7) is 2.78. The molecule has 1 fully saturated rings. The van der Waals surface area contributed by atoms with Crippen LogP contribution in [0.3, 0.4) is 0 Å². The molecule has 1 aliphatic carbocycles. The molecule has 1 N–H and O–H groups in total. The molecule has 0 saturated heterocycles. The number of hydrogen-bond acceptors (Lipinski definition) is 2. The first-order chi connectivity index (χ1) is 13.0. The molecule has 0 heterocycles. The van der Waals surface area contributed by atoms with E-state index in [4.69, 9.17) is 4.74 Å². The molecule has 3 nitrogen and oxygen atoms in total. The molecular weight excluding hydrogens is 350 g/mol. The highest BCUT2D eigenvalue weighted by molar-refractivity contribution is 5.89. The fourth-order valence-electron chi connectivity index (χ4n) is 3.84. The van der Waals surface area contributed by atoms with E-state index in [9.17, 15) is 14.3 Å². The molecule has 1 aliphatic rings. The fourth-order valence-corrected chi connectivity index (χ4v) is 3.84. The second-order valence-corrected chi connectivity index (χ2v) is 7.04. The Morgan fingerprint density at radius 2 is 1.74 bits per heavy atom.